The zero-order valence-electron chi connectivity index (χ0n) is 12.5. The molecule has 120 valence electrons. The van der Waals surface area contributed by atoms with Crippen molar-refractivity contribution in [1.82, 2.24) is 5.32 Å². The molecule has 1 aromatic carbocycles. The van der Waals surface area contributed by atoms with Gasteiger partial charge in [0.05, 0.1) is 29.2 Å². The normalized spacial score (nSPS) is 33.7. The molecule has 2 bridgehead atoms. The number of carbonyl (C=O) groups excluding carboxylic acids is 1. The lowest BCUT2D eigenvalue weighted by Gasteiger charge is -2.37. The number of esters is 1. The standard InChI is InChI=1S/C16H19Cl2NO3/c1-21-13-7-9-6-10(8-3-4-11(17)12(18)5-8)14(15(13)19-9)16(20)22-2/h3-5,9-10,13-15,19H,6-7H2,1-2H3/t9?,10?,13?,14-,15?/m0/s1. The summed E-state index contributed by atoms with van der Waals surface area (Å²) < 4.78 is 10.6. The number of halogens is 2. The van der Waals surface area contributed by atoms with Crippen molar-refractivity contribution in [3.63, 3.8) is 0 Å². The molecular weight excluding hydrogens is 325 g/mol. The number of methoxy groups -OCH3 is 2. The third kappa shape index (κ3) is 2.73. The first-order chi connectivity index (χ1) is 10.5. The maximum Gasteiger partial charge on any atom is 0.310 e. The number of ether oxygens (including phenoxy) is 2. The highest BCUT2D eigenvalue weighted by molar-refractivity contribution is 6.42. The summed E-state index contributed by atoms with van der Waals surface area (Å²) in [4.78, 5) is 12.4. The van der Waals surface area contributed by atoms with Crippen LogP contribution in [0.2, 0.25) is 10.0 Å². The van der Waals surface area contributed by atoms with Crippen LogP contribution in [0.5, 0.6) is 0 Å². The lowest BCUT2D eigenvalue weighted by Crippen LogP contribution is -2.51. The van der Waals surface area contributed by atoms with E-state index in [1.165, 1.54) is 7.11 Å². The fourth-order valence-corrected chi connectivity index (χ4v) is 4.16. The number of piperidine rings is 1. The third-order valence-corrected chi connectivity index (χ3v) is 5.59. The van der Waals surface area contributed by atoms with Crippen molar-refractivity contribution in [3.05, 3.63) is 33.8 Å². The summed E-state index contributed by atoms with van der Waals surface area (Å²) in [6.45, 7) is 0. The van der Waals surface area contributed by atoms with Gasteiger partial charge in [0.2, 0.25) is 0 Å². The molecule has 0 aromatic heterocycles. The minimum Gasteiger partial charge on any atom is -0.469 e. The van der Waals surface area contributed by atoms with Gasteiger partial charge in [0.1, 0.15) is 0 Å². The summed E-state index contributed by atoms with van der Waals surface area (Å²) in [5.41, 5.74) is 1.03. The number of benzene rings is 1. The highest BCUT2D eigenvalue weighted by Crippen LogP contribution is 2.44. The first-order valence-corrected chi connectivity index (χ1v) is 8.12. The van der Waals surface area contributed by atoms with Crippen LogP contribution in [0.15, 0.2) is 18.2 Å². The van der Waals surface area contributed by atoms with Gasteiger partial charge in [-0.15, -0.1) is 0 Å². The predicted octanol–water partition coefficient (Wildman–Crippen LogP) is 3.02. The van der Waals surface area contributed by atoms with Gasteiger partial charge in [0.15, 0.2) is 0 Å². The molecule has 2 heterocycles. The lowest BCUT2D eigenvalue weighted by atomic mass is 9.76. The Balaban J connectivity index is 1.97. The summed E-state index contributed by atoms with van der Waals surface area (Å²) in [5, 5.41) is 4.53. The van der Waals surface area contributed by atoms with Crippen LogP contribution in [-0.4, -0.2) is 38.4 Å². The Morgan fingerprint density at radius 3 is 2.64 bits per heavy atom. The van der Waals surface area contributed by atoms with Gasteiger partial charge in [-0.05, 0) is 30.5 Å². The Bertz CT molecular complexity index is 581. The predicted molar refractivity (Wildman–Crippen MR) is 85.5 cm³/mol. The van der Waals surface area contributed by atoms with Crippen LogP contribution >= 0.6 is 23.2 Å². The van der Waals surface area contributed by atoms with Gasteiger partial charge in [0, 0.05) is 25.1 Å². The van der Waals surface area contributed by atoms with Crippen molar-refractivity contribution >= 4 is 29.2 Å². The molecule has 1 aromatic rings. The Labute approximate surface area is 140 Å². The van der Waals surface area contributed by atoms with Crippen molar-refractivity contribution in [2.45, 2.75) is 36.9 Å². The summed E-state index contributed by atoms with van der Waals surface area (Å²) in [7, 11) is 3.12. The number of nitrogens with one attached hydrogen (secondary N) is 1. The molecule has 4 unspecified atom stereocenters. The van der Waals surface area contributed by atoms with Crippen LogP contribution in [0.1, 0.15) is 24.3 Å². The van der Waals surface area contributed by atoms with E-state index < -0.39 is 0 Å². The summed E-state index contributed by atoms with van der Waals surface area (Å²) in [5.74, 6) is -0.444. The molecule has 2 saturated heterocycles. The minimum atomic E-state index is -0.286. The molecule has 4 nitrogen and oxygen atoms in total. The second-order valence-electron chi connectivity index (χ2n) is 5.96. The van der Waals surface area contributed by atoms with Crippen molar-refractivity contribution in [1.29, 1.82) is 0 Å². The zero-order valence-corrected chi connectivity index (χ0v) is 14.0. The molecule has 0 spiro atoms. The Morgan fingerprint density at radius 1 is 1.23 bits per heavy atom. The fourth-order valence-electron chi connectivity index (χ4n) is 3.85. The number of hydrogen-bond acceptors (Lipinski definition) is 4. The molecule has 3 rings (SSSR count). The van der Waals surface area contributed by atoms with Crippen LogP contribution in [0.3, 0.4) is 0 Å². The van der Waals surface area contributed by atoms with Crippen molar-refractivity contribution in [2.75, 3.05) is 14.2 Å². The second-order valence-corrected chi connectivity index (χ2v) is 6.78. The molecule has 6 heteroatoms. The van der Waals surface area contributed by atoms with E-state index in [1.54, 1.807) is 13.2 Å². The topological polar surface area (TPSA) is 47.6 Å². The molecule has 0 saturated carbocycles. The monoisotopic (exact) mass is 343 g/mol. The number of hydrogen-bond donors (Lipinski definition) is 1. The maximum atomic E-state index is 12.4. The Hall–Kier alpha value is -0.810. The van der Waals surface area contributed by atoms with Gasteiger partial charge >= 0.3 is 5.97 Å². The van der Waals surface area contributed by atoms with Gasteiger partial charge in [-0.3, -0.25) is 4.79 Å². The molecule has 5 atom stereocenters. The van der Waals surface area contributed by atoms with Crippen molar-refractivity contribution in [2.24, 2.45) is 5.92 Å². The molecule has 0 aliphatic carbocycles. The van der Waals surface area contributed by atoms with Crippen LogP contribution in [0.25, 0.3) is 0 Å². The van der Waals surface area contributed by atoms with Gasteiger partial charge in [-0.1, -0.05) is 29.3 Å². The lowest BCUT2D eigenvalue weighted by molar-refractivity contribution is -0.149. The summed E-state index contributed by atoms with van der Waals surface area (Å²) >= 11 is 12.2. The zero-order chi connectivity index (χ0) is 15.9. The van der Waals surface area contributed by atoms with Gasteiger partial charge < -0.3 is 14.8 Å². The number of fused-ring (bicyclic) bond motifs is 2. The minimum absolute atomic E-state index is 0.0295. The van der Waals surface area contributed by atoms with E-state index in [-0.39, 0.29) is 30.0 Å². The van der Waals surface area contributed by atoms with Crippen LogP contribution in [0.4, 0.5) is 0 Å². The van der Waals surface area contributed by atoms with Gasteiger partial charge in [-0.25, -0.2) is 0 Å². The molecule has 22 heavy (non-hydrogen) atoms. The Morgan fingerprint density at radius 2 is 2.00 bits per heavy atom. The number of carbonyl (C=O) groups is 1. The Kier molecular flexibility index (Phi) is 4.64. The quantitative estimate of drug-likeness (QED) is 0.857. The van der Waals surface area contributed by atoms with E-state index in [1.807, 2.05) is 12.1 Å². The van der Waals surface area contributed by atoms with Gasteiger partial charge in [-0.2, -0.15) is 0 Å². The van der Waals surface area contributed by atoms with Crippen LogP contribution in [-0.2, 0) is 14.3 Å². The summed E-state index contributed by atoms with van der Waals surface area (Å²) in [6.07, 6.45) is 1.79. The van der Waals surface area contributed by atoms with E-state index in [0.717, 1.165) is 18.4 Å². The molecule has 0 amide bonds. The highest BCUT2D eigenvalue weighted by Gasteiger charge is 2.51. The maximum absolute atomic E-state index is 12.4. The van der Waals surface area contributed by atoms with Crippen molar-refractivity contribution in [3.8, 4) is 0 Å². The fraction of sp³-hybridized carbons (Fsp3) is 0.562. The van der Waals surface area contributed by atoms with Gasteiger partial charge in [0.25, 0.3) is 0 Å². The molecule has 2 fully saturated rings. The van der Waals surface area contributed by atoms with E-state index in [2.05, 4.69) is 5.32 Å². The molecule has 2 aliphatic heterocycles. The van der Waals surface area contributed by atoms with Crippen LogP contribution in [0, 0.1) is 5.92 Å². The van der Waals surface area contributed by atoms with E-state index in [9.17, 15) is 4.79 Å². The molecule has 1 N–H and O–H groups in total. The summed E-state index contributed by atoms with van der Waals surface area (Å²) in [6, 6.07) is 5.90. The number of rotatable bonds is 3. The van der Waals surface area contributed by atoms with E-state index in [4.69, 9.17) is 32.7 Å². The SMILES string of the molecule is COC(=O)[C@H]1C(c2ccc(Cl)c(Cl)c2)CC2CC(OC)C1N2. The van der Waals surface area contributed by atoms with Crippen molar-refractivity contribution < 1.29 is 14.3 Å². The average Bonchev–Trinajstić information content (AvgIpc) is 2.85. The first kappa shape index (κ1) is 16.1. The first-order valence-electron chi connectivity index (χ1n) is 7.36. The average molecular weight is 344 g/mol. The largest absolute Gasteiger partial charge is 0.469 e. The molecule has 2 aliphatic rings. The highest BCUT2D eigenvalue weighted by atomic mass is 35.5. The smallest absolute Gasteiger partial charge is 0.310 e. The molecule has 0 radical (unpaired) electrons. The molecular formula is C16H19Cl2NO3. The van der Waals surface area contributed by atoms with E-state index in [0.29, 0.717) is 16.1 Å². The third-order valence-electron chi connectivity index (χ3n) is 4.85. The van der Waals surface area contributed by atoms with Crippen LogP contribution < -0.4 is 5.32 Å². The second kappa shape index (κ2) is 6.36. The van der Waals surface area contributed by atoms with E-state index >= 15 is 0 Å².